The van der Waals surface area contributed by atoms with E-state index in [1.807, 2.05) is 0 Å². The summed E-state index contributed by atoms with van der Waals surface area (Å²) in [4.78, 5) is 0. The molecule has 5 heteroatoms. The van der Waals surface area contributed by atoms with Gasteiger partial charge in [-0.15, -0.1) is 0 Å². The predicted molar refractivity (Wildman–Crippen MR) is 73.7 cm³/mol. The average Bonchev–Trinajstić information content (AvgIpc) is 2.89. The van der Waals surface area contributed by atoms with Gasteiger partial charge in [0.05, 0.1) is 17.9 Å². The summed E-state index contributed by atoms with van der Waals surface area (Å²) in [7, 11) is 0. The topological polar surface area (TPSA) is 39.2 Å². The van der Waals surface area contributed by atoms with E-state index in [9.17, 15) is 13.2 Å². The van der Waals surface area contributed by atoms with Crippen molar-refractivity contribution in [3.05, 3.63) is 71.5 Å². The number of halogens is 3. The van der Waals surface area contributed by atoms with Crippen LogP contribution < -0.4 is 5.73 Å². The van der Waals surface area contributed by atoms with Gasteiger partial charge in [-0.25, -0.2) is 0 Å². The van der Waals surface area contributed by atoms with Crippen LogP contribution in [0.1, 0.15) is 22.7 Å². The first-order valence-corrected chi connectivity index (χ1v) is 6.36. The van der Waals surface area contributed by atoms with E-state index in [4.69, 9.17) is 10.2 Å². The second-order valence-corrected chi connectivity index (χ2v) is 4.75. The van der Waals surface area contributed by atoms with Crippen molar-refractivity contribution in [2.24, 2.45) is 5.73 Å². The normalized spacial score (nSPS) is 13.5. The number of nitrogens with two attached hydrogens (primary N) is 1. The summed E-state index contributed by atoms with van der Waals surface area (Å²) in [6.07, 6.45) is -3.02. The molecule has 1 unspecified atom stereocenters. The Morgan fingerprint density at radius 3 is 2.33 bits per heavy atom. The van der Waals surface area contributed by atoms with E-state index in [1.165, 1.54) is 18.4 Å². The van der Waals surface area contributed by atoms with Crippen LogP contribution in [-0.2, 0) is 6.18 Å². The lowest BCUT2D eigenvalue weighted by Crippen LogP contribution is -2.18. The Morgan fingerprint density at radius 2 is 1.57 bits per heavy atom. The van der Waals surface area contributed by atoms with E-state index < -0.39 is 17.8 Å². The molecule has 0 radical (unpaired) electrons. The van der Waals surface area contributed by atoms with Crippen molar-refractivity contribution in [1.82, 2.24) is 0 Å². The number of furan rings is 1. The highest BCUT2D eigenvalue weighted by Crippen LogP contribution is 2.37. The van der Waals surface area contributed by atoms with Gasteiger partial charge in [0.15, 0.2) is 0 Å². The fourth-order valence-electron chi connectivity index (χ4n) is 2.43. The third-order valence-corrected chi connectivity index (χ3v) is 3.45. The van der Waals surface area contributed by atoms with Gasteiger partial charge in [0.1, 0.15) is 5.58 Å². The number of benzene rings is 2. The smallest absolute Gasteiger partial charge is 0.416 e. The van der Waals surface area contributed by atoms with Gasteiger partial charge in [-0.3, -0.25) is 0 Å². The molecule has 0 saturated carbocycles. The SMILES string of the molecule is NC(c1ccccc1C(F)(F)F)c1coc2ccccc12. The first kappa shape index (κ1) is 13.7. The highest BCUT2D eigenvalue weighted by atomic mass is 19.4. The molecule has 0 aliphatic rings. The van der Waals surface area contributed by atoms with Crippen LogP contribution in [0, 0.1) is 0 Å². The molecule has 1 aromatic heterocycles. The van der Waals surface area contributed by atoms with Gasteiger partial charge >= 0.3 is 6.18 Å². The lowest BCUT2D eigenvalue weighted by Gasteiger charge is -2.17. The first-order valence-electron chi connectivity index (χ1n) is 6.36. The lowest BCUT2D eigenvalue weighted by molar-refractivity contribution is -0.138. The van der Waals surface area contributed by atoms with Crippen molar-refractivity contribution in [1.29, 1.82) is 0 Å². The number of hydrogen-bond donors (Lipinski definition) is 1. The molecular formula is C16H12F3NO. The van der Waals surface area contributed by atoms with Crippen molar-refractivity contribution in [3.63, 3.8) is 0 Å². The van der Waals surface area contributed by atoms with Gasteiger partial charge in [0.25, 0.3) is 0 Å². The number of para-hydroxylation sites is 1. The van der Waals surface area contributed by atoms with Crippen molar-refractivity contribution < 1.29 is 17.6 Å². The molecule has 3 aromatic rings. The monoisotopic (exact) mass is 291 g/mol. The van der Waals surface area contributed by atoms with E-state index in [-0.39, 0.29) is 5.56 Å². The largest absolute Gasteiger partial charge is 0.464 e. The Morgan fingerprint density at radius 1 is 0.905 bits per heavy atom. The zero-order valence-electron chi connectivity index (χ0n) is 10.9. The molecule has 2 aromatic carbocycles. The van der Waals surface area contributed by atoms with Crippen LogP contribution in [-0.4, -0.2) is 0 Å². The van der Waals surface area contributed by atoms with E-state index in [0.717, 1.165) is 11.5 Å². The predicted octanol–water partition coefficient (Wildman–Crippen LogP) is 4.50. The van der Waals surface area contributed by atoms with E-state index in [0.29, 0.717) is 11.1 Å². The molecule has 108 valence electrons. The highest BCUT2D eigenvalue weighted by Gasteiger charge is 2.35. The van der Waals surface area contributed by atoms with Gasteiger partial charge in [0.2, 0.25) is 0 Å². The van der Waals surface area contributed by atoms with Gasteiger partial charge in [-0.1, -0.05) is 36.4 Å². The summed E-state index contributed by atoms with van der Waals surface area (Å²) >= 11 is 0. The summed E-state index contributed by atoms with van der Waals surface area (Å²) in [6, 6.07) is 11.6. The molecule has 0 saturated heterocycles. The fraction of sp³-hybridized carbons (Fsp3) is 0.125. The second kappa shape index (κ2) is 4.93. The summed E-state index contributed by atoms with van der Waals surface area (Å²) in [6.45, 7) is 0. The molecule has 1 atom stereocenters. The lowest BCUT2D eigenvalue weighted by atomic mass is 9.94. The van der Waals surface area contributed by atoms with Gasteiger partial charge in [-0.2, -0.15) is 13.2 Å². The maximum Gasteiger partial charge on any atom is 0.416 e. The number of hydrogen-bond acceptors (Lipinski definition) is 2. The molecule has 3 rings (SSSR count). The van der Waals surface area contributed by atoms with E-state index >= 15 is 0 Å². The maximum atomic E-state index is 13.1. The quantitative estimate of drug-likeness (QED) is 0.755. The van der Waals surface area contributed by atoms with Crippen molar-refractivity contribution >= 4 is 11.0 Å². The van der Waals surface area contributed by atoms with Gasteiger partial charge < -0.3 is 10.2 Å². The summed E-state index contributed by atoms with van der Waals surface area (Å²) in [5.74, 6) is 0. The summed E-state index contributed by atoms with van der Waals surface area (Å²) in [5.41, 5.74) is 6.53. The minimum absolute atomic E-state index is 0.0385. The Labute approximate surface area is 119 Å². The van der Waals surface area contributed by atoms with Crippen LogP contribution in [0.5, 0.6) is 0 Å². The number of fused-ring (bicyclic) bond motifs is 1. The Hall–Kier alpha value is -2.27. The molecule has 0 amide bonds. The molecule has 1 heterocycles. The van der Waals surface area contributed by atoms with Crippen molar-refractivity contribution in [3.8, 4) is 0 Å². The highest BCUT2D eigenvalue weighted by molar-refractivity contribution is 5.82. The minimum Gasteiger partial charge on any atom is -0.464 e. The van der Waals surface area contributed by atoms with Crippen LogP contribution in [0.4, 0.5) is 13.2 Å². The zero-order valence-corrected chi connectivity index (χ0v) is 10.9. The molecule has 0 bridgehead atoms. The van der Waals surface area contributed by atoms with Crippen LogP contribution in [0.3, 0.4) is 0 Å². The Balaban J connectivity index is 2.13. The van der Waals surface area contributed by atoms with Gasteiger partial charge in [-0.05, 0) is 17.7 Å². The minimum atomic E-state index is -4.44. The number of rotatable bonds is 2. The second-order valence-electron chi connectivity index (χ2n) is 4.75. The summed E-state index contributed by atoms with van der Waals surface area (Å²) < 4.78 is 44.6. The van der Waals surface area contributed by atoms with Crippen LogP contribution >= 0.6 is 0 Å². The Bertz CT molecular complexity index is 776. The molecule has 0 aliphatic heterocycles. The molecule has 0 fully saturated rings. The molecule has 0 spiro atoms. The van der Waals surface area contributed by atoms with Crippen molar-refractivity contribution in [2.75, 3.05) is 0 Å². The van der Waals surface area contributed by atoms with Crippen molar-refractivity contribution in [2.45, 2.75) is 12.2 Å². The molecule has 21 heavy (non-hydrogen) atoms. The van der Waals surface area contributed by atoms with Crippen LogP contribution in [0.25, 0.3) is 11.0 Å². The first-order chi connectivity index (χ1) is 9.98. The molecular weight excluding hydrogens is 279 g/mol. The maximum absolute atomic E-state index is 13.1. The molecule has 2 nitrogen and oxygen atoms in total. The Kier molecular flexibility index (Phi) is 3.22. The standard InChI is InChI=1S/C16H12F3NO/c17-16(18,19)13-7-3-1-6-11(13)15(20)12-9-21-14-8-4-2-5-10(12)14/h1-9,15H,20H2. The molecule has 2 N–H and O–H groups in total. The van der Waals surface area contributed by atoms with Crippen LogP contribution in [0.2, 0.25) is 0 Å². The van der Waals surface area contributed by atoms with E-state index in [1.54, 1.807) is 30.3 Å². The summed E-state index contributed by atoms with van der Waals surface area (Å²) in [5, 5.41) is 0.724. The van der Waals surface area contributed by atoms with Gasteiger partial charge in [0, 0.05) is 10.9 Å². The molecule has 0 aliphatic carbocycles. The third kappa shape index (κ3) is 2.40. The third-order valence-electron chi connectivity index (χ3n) is 3.45. The fourth-order valence-corrected chi connectivity index (χ4v) is 2.43. The zero-order chi connectivity index (χ0) is 15.0. The van der Waals surface area contributed by atoms with Crippen LogP contribution in [0.15, 0.2) is 59.2 Å². The average molecular weight is 291 g/mol. The van der Waals surface area contributed by atoms with E-state index in [2.05, 4.69) is 0 Å². The number of alkyl halides is 3.